The van der Waals surface area contributed by atoms with Gasteiger partial charge in [-0.25, -0.2) is 0 Å². The van der Waals surface area contributed by atoms with Crippen molar-refractivity contribution in [3.05, 3.63) is 0 Å². The highest BCUT2D eigenvalue weighted by atomic mass is 35.6. The van der Waals surface area contributed by atoms with Crippen molar-refractivity contribution in [3.63, 3.8) is 0 Å². The van der Waals surface area contributed by atoms with Gasteiger partial charge in [0.1, 0.15) is 12.7 Å². The van der Waals surface area contributed by atoms with Crippen LogP contribution in [0, 0.1) is 5.41 Å². The lowest BCUT2D eigenvalue weighted by atomic mass is 9.98. The molecule has 0 radical (unpaired) electrons. The van der Waals surface area contributed by atoms with E-state index in [0.29, 0.717) is 0 Å². The molecule has 0 aromatic heterocycles. The third-order valence-electron chi connectivity index (χ3n) is 3.29. The quantitative estimate of drug-likeness (QED) is 0.188. The minimum Gasteiger partial charge on any atom is -0.463 e. The molecule has 0 aromatic rings. The van der Waals surface area contributed by atoms with E-state index in [2.05, 4.69) is 0 Å². The van der Waals surface area contributed by atoms with Crippen molar-refractivity contribution in [1.82, 2.24) is 0 Å². The van der Waals surface area contributed by atoms with E-state index in [9.17, 15) is 19.2 Å². The van der Waals surface area contributed by atoms with Gasteiger partial charge in [0.05, 0.1) is 0 Å². The minimum atomic E-state index is -2.41. The van der Waals surface area contributed by atoms with E-state index in [1.54, 1.807) is 0 Å². The van der Waals surface area contributed by atoms with Gasteiger partial charge in [-0.1, -0.05) is 34.8 Å². The number of esters is 4. The molecule has 5 atom stereocenters. The van der Waals surface area contributed by atoms with Gasteiger partial charge in [-0.2, -0.15) is 0 Å². The topological polar surface area (TPSA) is 148 Å². The molecule has 14 heteroatoms. The first-order valence-corrected chi connectivity index (χ1v) is 8.90. The Morgan fingerprint density at radius 2 is 1.37 bits per heavy atom. The minimum absolute atomic E-state index is 0.706. The predicted molar refractivity (Wildman–Crippen MR) is 101 cm³/mol. The Hall–Kier alpha value is -1.82. The van der Waals surface area contributed by atoms with Crippen LogP contribution in [0.25, 0.3) is 0 Å². The Balaban J connectivity index is 3.48. The summed E-state index contributed by atoms with van der Waals surface area (Å²) in [5.41, 5.74) is 0. The van der Waals surface area contributed by atoms with Gasteiger partial charge >= 0.3 is 23.9 Å². The first-order valence-electron chi connectivity index (χ1n) is 10.6. The summed E-state index contributed by atoms with van der Waals surface area (Å²) in [7, 11) is 0. The summed E-state index contributed by atoms with van der Waals surface area (Å²) in [5, 5.41) is 7.76. The van der Waals surface area contributed by atoms with E-state index >= 15 is 0 Å². The van der Waals surface area contributed by atoms with Crippen molar-refractivity contribution in [3.8, 4) is 0 Å². The van der Waals surface area contributed by atoms with Crippen LogP contribution in [0.2, 0.25) is 0 Å². The van der Waals surface area contributed by atoms with Crippen molar-refractivity contribution in [1.29, 1.82) is 5.41 Å². The van der Waals surface area contributed by atoms with Gasteiger partial charge in [0, 0.05) is 33.1 Å². The summed E-state index contributed by atoms with van der Waals surface area (Å²) in [5.74, 6) is -5.54. The summed E-state index contributed by atoms with van der Waals surface area (Å²) >= 11 is 16.8. The van der Waals surface area contributed by atoms with Crippen molar-refractivity contribution < 1.29 is 53.1 Å². The van der Waals surface area contributed by atoms with E-state index in [1.165, 1.54) is 0 Å². The van der Waals surface area contributed by atoms with Crippen molar-refractivity contribution in [2.24, 2.45) is 0 Å². The first kappa shape index (κ1) is 20.1. The number of carbonyl (C=O) groups is 4. The van der Waals surface area contributed by atoms with E-state index in [-0.39, 0.29) is 0 Å². The average Bonchev–Trinajstić information content (AvgIpc) is 2.79. The van der Waals surface area contributed by atoms with Crippen LogP contribution in [0.3, 0.4) is 0 Å². The third-order valence-corrected chi connectivity index (χ3v) is 3.81. The molecule has 1 unspecified atom stereocenters. The molecule has 1 heterocycles. The zero-order chi connectivity index (χ0) is 26.1. The number of ether oxygens (including phenoxy) is 6. The molecule has 1 N–H and O–H groups in total. The Kier molecular flexibility index (Phi) is 7.36. The molecule has 0 aliphatic carbocycles. The fraction of sp³-hybridized carbons (Fsp3) is 0.688. The molecule has 1 fully saturated rings. The second-order valence-corrected chi connectivity index (χ2v) is 7.82. The average molecular weight is 497 g/mol. The van der Waals surface area contributed by atoms with Crippen LogP contribution in [-0.4, -0.2) is 70.9 Å². The third kappa shape index (κ3) is 8.13. The molecule has 1 rings (SSSR count). The first-order chi connectivity index (χ1) is 15.9. The molecule has 0 aromatic carbocycles. The van der Waals surface area contributed by atoms with Gasteiger partial charge in [-0.05, 0) is 0 Å². The standard InChI is InChI=1S/C16H20Cl3NO10/c1-6(21)25-5-10-11(26-7(2)22)12(27-8(3)23)13(28-9(4)24)14(29-10)30-15(20)16(17,18)19/h10-14,20H,5H2,1-4H3/t10-,11-,12+,13-,14?/m1/s1/i1D,2D,3D,4D. The Morgan fingerprint density at radius 3 is 1.87 bits per heavy atom. The molecule has 11 nitrogen and oxygen atoms in total. The largest absolute Gasteiger partial charge is 0.463 e. The number of nitrogens with one attached hydrogen (secondary N) is 1. The molecule has 0 saturated carbocycles. The van der Waals surface area contributed by atoms with E-state index in [1.807, 2.05) is 0 Å². The van der Waals surface area contributed by atoms with E-state index in [0.717, 1.165) is 0 Å². The van der Waals surface area contributed by atoms with Crippen LogP contribution in [0.1, 0.15) is 33.1 Å². The Morgan fingerprint density at radius 1 is 0.867 bits per heavy atom. The molecular weight excluding hydrogens is 473 g/mol. The Bertz CT molecular complexity index is 772. The number of rotatable bonds is 6. The second-order valence-electron chi connectivity index (χ2n) is 5.53. The van der Waals surface area contributed by atoms with E-state index < -0.39 is 98.5 Å². The summed E-state index contributed by atoms with van der Waals surface area (Å²) in [6.07, 6.45) is -8.70. The molecule has 0 amide bonds. The van der Waals surface area contributed by atoms with Crippen LogP contribution in [0.15, 0.2) is 0 Å². The zero-order valence-electron chi connectivity index (χ0n) is 19.1. The number of carbonyl (C=O) groups excluding carboxylic acids is 4. The van der Waals surface area contributed by atoms with Crippen molar-refractivity contribution in [2.45, 2.75) is 62.1 Å². The number of hydrogen-bond acceptors (Lipinski definition) is 11. The van der Waals surface area contributed by atoms with E-state index in [4.69, 9.17) is 74.1 Å². The van der Waals surface area contributed by atoms with Gasteiger partial charge in [-0.15, -0.1) is 0 Å². The zero-order valence-corrected chi connectivity index (χ0v) is 17.4. The van der Waals surface area contributed by atoms with Crippen LogP contribution in [-0.2, 0) is 47.6 Å². The highest BCUT2D eigenvalue weighted by molar-refractivity contribution is 6.76. The number of alkyl halides is 3. The summed E-state index contributed by atoms with van der Waals surface area (Å²) < 4.78 is 56.8. The molecule has 170 valence electrons. The van der Waals surface area contributed by atoms with Crippen LogP contribution < -0.4 is 0 Å². The lowest BCUT2D eigenvalue weighted by Crippen LogP contribution is -2.63. The molecule has 1 aliphatic rings. The fourth-order valence-electron chi connectivity index (χ4n) is 2.32. The molecule has 0 spiro atoms. The monoisotopic (exact) mass is 495 g/mol. The molecular formula is C16H20Cl3NO10. The summed E-state index contributed by atoms with van der Waals surface area (Å²) in [4.78, 5) is 47.1. The predicted octanol–water partition coefficient (Wildman–Crippen LogP) is 1.43. The van der Waals surface area contributed by atoms with Gasteiger partial charge in [0.2, 0.25) is 18.3 Å². The van der Waals surface area contributed by atoms with Crippen LogP contribution in [0.5, 0.6) is 0 Å². The van der Waals surface area contributed by atoms with Crippen molar-refractivity contribution in [2.75, 3.05) is 6.61 Å². The van der Waals surface area contributed by atoms with Gasteiger partial charge in [-0.3, -0.25) is 24.6 Å². The highest BCUT2D eigenvalue weighted by Gasteiger charge is 2.54. The van der Waals surface area contributed by atoms with Gasteiger partial charge in [0.25, 0.3) is 3.79 Å². The van der Waals surface area contributed by atoms with Crippen molar-refractivity contribution >= 4 is 64.6 Å². The van der Waals surface area contributed by atoms with Gasteiger partial charge < -0.3 is 28.4 Å². The smallest absolute Gasteiger partial charge is 0.303 e. The molecule has 30 heavy (non-hydrogen) atoms. The number of halogens is 3. The SMILES string of the molecule is [2H]CC(=O)OC[C@H]1OC(OC(=N)C(Cl)(Cl)Cl)[C@H](OC(=O)C[2H])[C@@H](OC(=O)C[2H])[C@@H]1OC(=O)C[2H]. The lowest BCUT2D eigenvalue weighted by Gasteiger charge is -2.44. The van der Waals surface area contributed by atoms with Crippen LogP contribution in [0.4, 0.5) is 0 Å². The van der Waals surface area contributed by atoms with Gasteiger partial charge in [0.15, 0.2) is 12.2 Å². The molecule has 0 bridgehead atoms. The second kappa shape index (κ2) is 11.0. The molecule has 1 aliphatic heterocycles. The summed E-state index contributed by atoms with van der Waals surface area (Å²) in [6.45, 7) is -4.19. The normalized spacial score (nSPS) is 27.9. The highest BCUT2D eigenvalue weighted by Crippen LogP contribution is 2.33. The lowest BCUT2D eigenvalue weighted by molar-refractivity contribution is -0.292. The Labute approximate surface area is 192 Å². The maximum Gasteiger partial charge on any atom is 0.303 e. The molecule has 1 saturated heterocycles. The maximum absolute atomic E-state index is 11.9. The fourth-order valence-corrected chi connectivity index (χ4v) is 2.46. The summed E-state index contributed by atoms with van der Waals surface area (Å²) in [6, 6.07) is 0. The maximum atomic E-state index is 11.9. The number of hydrogen-bond donors (Lipinski definition) is 1. The van der Waals surface area contributed by atoms with Crippen LogP contribution >= 0.6 is 34.8 Å².